The van der Waals surface area contributed by atoms with E-state index in [0.717, 1.165) is 55.4 Å². The lowest BCUT2D eigenvalue weighted by molar-refractivity contribution is 0.315. The molecule has 3 unspecified atom stereocenters. The molecule has 2 heterocycles. The largest absolute Gasteiger partial charge is 0.353 e. The van der Waals surface area contributed by atoms with Crippen molar-refractivity contribution in [2.24, 2.45) is 16.8 Å². The highest BCUT2D eigenvalue weighted by Gasteiger charge is 2.43. The van der Waals surface area contributed by atoms with E-state index in [1.807, 2.05) is 6.92 Å². The van der Waals surface area contributed by atoms with Crippen LogP contribution in [0, 0.1) is 18.8 Å². The predicted molar refractivity (Wildman–Crippen MR) is 99.5 cm³/mol. The summed E-state index contributed by atoms with van der Waals surface area (Å²) in [5.74, 6) is 4.69. The number of aromatic nitrogens is 3. The molecule has 1 aromatic heterocycles. The van der Waals surface area contributed by atoms with Crippen molar-refractivity contribution in [3.8, 4) is 0 Å². The van der Waals surface area contributed by atoms with Crippen molar-refractivity contribution in [1.82, 2.24) is 25.4 Å². The monoisotopic (exact) mass is 344 g/mol. The van der Waals surface area contributed by atoms with Crippen LogP contribution in [0.2, 0.25) is 0 Å². The molecule has 0 aromatic carbocycles. The quantitative estimate of drug-likeness (QED) is 0.651. The summed E-state index contributed by atoms with van der Waals surface area (Å²) in [6.07, 6.45) is 10.7. The molecular formula is C19H32N6. The maximum Gasteiger partial charge on any atom is 0.192 e. The first-order valence-electron chi connectivity index (χ1n) is 10.2. The topological polar surface area (TPSA) is 67.1 Å². The summed E-state index contributed by atoms with van der Waals surface area (Å²) in [7, 11) is 0. The molecule has 138 valence electrons. The molecule has 2 saturated carbocycles. The van der Waals surface area contributed by atoms with E-state index >= 15 is 0 Å². The van der Waals surface area contributed by atoms with E-state index < -0.39 is 0 Å². The molecule has 0 bridgehead atoms. The maximum absolute atomic E-state index is 4.69. The van der Waals surface area contributed by atoms with Gasteiger partial charge in [0, 0.05) is 19.1 Å². The van der Waals surface area contributed by atoms with Crippen LogP contribution in [0.5, 0.6) is 0 Å². The predicted octanol–water partition coefficient (Wildman–Crippen LogP) is 2.95. The molecule has 1 aromatic rings. The number of hydrogen-bond acceptors (Lipinski definition) is 3. The van der Waals surface area contributed by atoms with Gasteiger partial charge in [0.05, 0.1) is 6.04 Å². The summed E-state index contributed by atoms with van der Waals surface area (Å²) in [5, 5.41) is 11.8. The first-order chi connectivity index (χ1) is 12.2. The standard InChI is InChI=1S/C19H32N6/c1-3-20-19(23-17-12-15(17)14-8-5-4-6-9-14)22-16-10-7-11-25-18(16)21-13(2)24-25/h14-17H,3-12H2,1-2H3,(H2,20,22,23). The molecule has 2 aliphatic carbocycles. The number of nitrogens with one attached hydrogen (secondary N) is 2. The van der Waals surface area contributed by atoms with Gasteiger partial charge in [-0.05, 0) is 44.9 Å². The van der Waals surface area contributed by atoms with Crippen LogP contribution >= 0.6 is 0 Å². The zero-order chi connectivity index (χ0) is 17.2. The van der Waals surface area contributed by atoms with E-state index in [2.05, 4.69) is 32.3 Å². The smallest absolute Gasteiger partial charge is 0.192 e. The van der Waals surface area contributed by atoms with Gasteiger partial charge in [0.15, 0.2) is 5.96 Å². The van der Waals surface area contributed by atoms with E-state index in [4.69, 9.17) is 4.99 Å². The third-order valence-electron chi connectivity index (χ3n) is 6.03. The van der Waals surface area contributed by atoms with Gasteiger partial charge in [-0.3, -0.25) is 4.99 Å². The normalized spacial score (nSPS) is 30.0. The van der Waals surface area contributed by atoms with Gasteiger partial charge in [-0.15, -0.1) is 0 Å². The minimum Gasteiger partial charge on any atom is -0.353 e. The lowest BCUT2D eigenvalue weighted by Gasteiger charge is -2.26. The summed E-state index contributed by atoms with van der Waals surface area (Å²) in [5.41, 5.74) is 0. The molecule has 2 fully saturated rings. The molecule has 0 saturated heterocycles. The van der Waals surface area contributed by atoms with Crippen LogP contribution in [-0.4, -0.2) is 33.3 Å². The molecule has 1 aliphatic heterocycles. The Labute approximate surface area is 150 Å². The van der Waals surface area contributed by atoms with Gasteiger partial charge in [0.1, 0.15) is 11.6 Å². The molecular weight excluding hydrogens is 312 g/mol. The average molecular weight is 345 g/mol. The second-order valence-corrected chi connectivity index (χ2v) is 7.95. The lowest BCUT2D eigenvalue weighted by atomic mass is 9.85. The van der Waals surface area contributed by atoms with Crippen LogP contribution in [0.4, 0.5) is 0 Å². The molecule has 3 atom stereocenters. The van der Waals surface area contributed by atoms with Gasteiger partial charge in [-0.25, -0.2) is 9.67 Å². The lowest BCUT2D eigenvalue weighted by Crippen LogP contribution is -2.43. The second kappa shape index (κ2) is 7.34. The van der Waals surface area contributed by atoms with Crippen molar-refractivity contribution in [3.63, 3.8) is 0 Å². The van der Waals surface area contributed by atoms with Crippen molar-refractivity contribution < 1.29 is 0 Å². The SMILES string of the molecule is CCN=C(NC1CCCn2nc(C)nc21)NC1CC1C1CCCCC1. The van der Waals surface area contributed by atoms with E-state index in [-0.39, 0.29) is 6.04 Å². The Morgan fingerprint density at radius 3 is 2.80 bits per heavy atom. The molecule has 6 heteroatoms. The van der Waals surface area contributed by atoms with Gasteiger partial charge >= 0.3 is 0 Å². The summed E-state index contributed by atoms with van der Waals surface area (Å²) in [6.45, 7) is 5.85. The fraction of sp³-hybridized carbons (Fsp3) is 0.842. The molecule has 6 nitrogen and oxygen atoms in total. The summed E-state index contributed by atoms with van der Waals surface area (Å²) in [4.78, 5) is 9.33. The highest BCUT2D eigenvalue weighted by molar-refractivity contribution is 5.80. The minimum atomic E-state index is 0.222. The Balaban J connectivity index is 1.37. The number of aliphatic imine (C=N–C) groups is 1. The van der Waals surface area contributed by atoms with E-state index in [0.29, 0.717) is 6.04 Å². The molecule has 25 heavy (non-hydrogen) atoms. The molecule has 4 rings (SSSR count). The van der Waals surface area contributed by atoms with Crippen LogP contribution in [-0.2, 0) is 6.54 Å². The highest BCUT2D eigenvalue weighted by atomic mass is 15.4. The van der Waals surface area contributed by atoms with Crippen LogP contribution in [0.25, 0.3) is 0 Å². The molecule has 2 N–H and O–H groups in total. The number of rotatable bonds is 4. The average Bonchev–Trinajstić information content (AvgIpc) is 3.27. The van der Waals surface area contributed by atoms with Gasteiger partial charge in [0.2, 0.25) is 0 Å². The Morgan fingerprint density at radius 1 is 1.16 bits per heavy atom. The van der Waals surface area contributed by atoms with Crippen LogP contribution in [0.15, 0.2) is 4.99 Å². The number of nitrogens with zero attached hydrogens (tertiary/aromatic N) is 4. The van der Waals surface area contributed by atoms with Gasteiger partial charge in [-0.2, -0.15) is 5.10 Å². The summed E-state index contributed by atoms with van der Waals surface area (Å²) in [6, 6.07) is 0.837. The summed E-state index contributed by atoms with van der Waals surface area (Å²) < 4.78 is 2.06. The molecule has 0 amide bonds. The van der Waals surface area contributed by atoms with Gasteiger partial charge in [0.25, 0.3) is 0 Å². The third-order valence-corrected chi connectivity index (χ3v) is 6.03. The second-order valence-electron chi connectivity index (χ2n) is 7.95. The van der Waals surface area contributed by atoms with Crippen LogP contribution in [0.1, 0.15) is 76.0 Å². The number of fused-ring (bicyclic) bond motifs is 1. The minimum absolute atomic E-state index is 0.222. The van der Waals surface area contributed by atoms with Crippen molar-refractivity contribution in [2.45, 2.75) is 83.8 Å². The van der Waals surface area contributed by atoms with Crippen molar-refractivity contribution >= 4 is 5.96 Å². The fourth-order valence-corrected chi connectivity index (χ4v) is 4.70. The van der Waals surface area contributed by atoms with Crippen molar-refractivity contribution in [3.05, 3.63) is 11.6 Å². The zero-order valence-corrected chi connectivity index (χ0v) is 15.7. The van der Waals surface area contributed by atoms with Crippen LogP contribution < -0.4 is 10.6 Å². The number of aryl methyl sites for hydroxylation is 2. The number of guanidine groups is 1. The van der Waals surface area contributed by atoms with Crippen LogP contribution in [0.3, 0.4) is 0 Å². The Morgan fingerprint density at radius 2 is 2.00 bits per heavy atom. The van der Waals surface area contributed by atoms with Gasteiger partial charge < -0.3 is 10.6 Å². The Bertz CT molecular complexity index is 615. The van der Waals surface area contributed by atoms with E-state index in [1.54, 1.807) is 0 Å². The highest BCUT2D eigenvalue weighted by Crippen LogP contribution is 2.44. The zero-order valence-electron chi connectivity index (χ0n) is 15.7. The van der Waals surface area contributed by atoms with Crippen molar-refractivity contribution in [1.29, 1.82) is 0 Å². The van der Waals surface area contributed by atoms with E-state index in [1.165, 1.54) is 38.5 Å². The third kappa shape index (κ3) is 3.82. The Hall–Kier alpha value is -1.59. The molecule has 3 aliphatic rings. The maximum atomic E-state index is 4.69. The Kier molecular flexibility index (Phi) is 4.95. The van der Waals surface area contributed by atoms with Crippen molar-refractivity contribution in [2.75, 3.05) is 6.54 Å². The number of hydrogen-bond donors (Lipinski definition) is 2. The first-order valence-corrected chi connectivity index (χ1v) is 10.2. The first kappa shape index (κ1) is 16.9. The fourth-order valence-electron chi connectivity index (χ4n) is 4.70. The molecule has 0 radical (unpaired) electrons. The van der Waals surface area contributed by atoms with E-state index in [9.17, 15) is 0 Å². The summed E-state index contributed by atoms with van der Waals surface area (Å²) >= 11 is 0. The van der Waals surface area contributed by atoms with Gasteiger partial charge in [-0.1, -0.05) is 32.1 Å². The molecule has 0 spiro atoms.